The van der Waals surface area contributed by atoms with E-state index in [0.717, 1.165) is 45.8 Å². The van der Waals surface area contributed by atoms with Crippen LogP contribution < -0.4 is 15.0 Å². The largest absolute Gasteiger partial charge is 0.494 e. The fourth-order valence-electron chi connectivity index (χ4n) is 4.76. The first-order chi connectivity index (χ1) is 18.2. The molecule has 5 rings (SSSR count). The van der Waals surface area contributed by atoms with Crippen LogP contribution in [0, 0.1) is 0 Å². The number of hydrogen-bond acceptors (Lipinski definition) is 7. The number of amides is 1. The molecule has 9 heteroatoms. The van der Waals surface area contributed by atoms with Crippen LogP contribution in [0.1, 0.15) is 35.3 Å². The molecule has 0 unspecified atom stereocenters. The van der Waals surface area contributed by atoms with Crippen molar-refractivity contribution in [3.8, 4) is 5.75 Å². The molecule has 1 amide bonds. The minimum atomic E-state index is 0.0862. The second kappa shape index (κ2) is 11.4. The number of carbonyl (C=O) groups is 1. The molecular weight excluding hydrogens is 466 g/mol. The Morgan fingerprint density at radius 3 is 2.68 bits per heavy atom. The molecule has 0 aliphatic carbocycles. The summed E-state index contributed by atoms with van der Waals surface area (Å²) in [7, 11) is 0. The summed E-state index contributed by atoms with van der Waals surface area (Å²) in [6, 6.07) is 15.9. The lowest BCUT2D eigenvalue weighted by Crippen LogP contribution is -2.49. The van der Waals surface area contributed by atoms with Crippen LogP contribution in [-0.2, 0) is 13.1 Å². The van der Waals surface area contributed by atoms with Gasteiger partial charge in [-0.15, -0.1) is 0 Å². The van der Waals surface area contributed by atoms with Crippen LogP contribution in [0.5, 0.6) is 5.75 Å². The topological polar surface area (TPSA) is 88.4 Å². The average molecular weight is 500 g/mol. The van der Waals surface area contributed by atoms with Crippen LogP contribution in [0.2, 0.25) is 0 Å². The summed E-state index contributed by atoms with van der Waals surface area (Å²) in [5.41, 5.74) is 3.70. The molecule has 1 aliphatic heterocycles. The maximum absolute atomic E-state index is 13.3. The van der Waals surface area contributed by atoms with Crippen molar-refractivity contribution < 1.29 is 9.53 Å². The summed E-state index contributed by atoms with van der Waals surface area (Å²) in [5, 5.41) is 8.86. The smallest absolute Gasteiger partial charge is 0.254 e. The molecule has 1 aliphatic rings. The molecule has 0 saturated carbocycles. The fourth-order valence-corrected chi connectivity index (χ4v) is 4.76. The third-order valence-corrected chi connectivity index (χ3v) is 6.63. The quantitative estimate of drug-likeness (QED) is 0.378. The maximum Gasteiger partial charge on any atom is 0.254 e. The monoisotopic (exact) mass is 499 g/mol. The molecule has 2 aromatic carbocycles. The van der Waals surface area contributed by atoms with Gasteiger partial charge in [0.15, 0.2) is 5.65 Å². The lowest BCUT2D eigenvalue weighted by atomic mass is 10.1. The Kier molecular flexibility index (Phi) is 7.60. The maximum atomic E-state index is 13.3. The molecule has 1 saturated heterocycles. The standard InChI is InChI=1S/C28H33N7O2/c1-3-29-17-22-9-5-6-11-24(22)28(36)34-14-12-33(13-15-34)26-25-18-32-35(27(25)31-20-30-26)19-21-8-7-10-23(16-21)37-4-2/h5-11,16,18,20,29H,3-4,12-15,17,19H2,1-2H3. The van der Waals surface area contributed by atoms with Gasteiger partial charge in [0.2, 0.25) is 0 Å². The Hall–Kier alpha value is -3.98. The summed E-state index contributed by atoms with van der Waals surface area (Å²) in [6.45, 7) is 9.51. The molecule has 37 heavy (non-hydrogen) atoms. The van der Waals surface area contributed by atoms with E-state index in [1.165, 1.54) is 0 Å². The van der Waals surface area contributed by atoms with Gasteiger partial charge in [-0.3, -0.25) is 4.79 Å². The van der Waals surface area contributed by atoms with E-state index in [1.807, 2.05) is 65.2 Å². The van der Waals surface area contributed by atoms with E-state index >= 15 is 0 Å². The lowest BCUT2D eigenvalue weighted by molar-refractivity contribution is 0.0745. The van der Waals surface area contributed by atoms with Gasteiger partial charge in [0, 0.05) is 38.3 Å². The van der Waals surface area contributed by atoms with Gasteiger partial charge in [-0.1, -0.05) is 37.3 Å². The number of nitrogens with one attached hydrogen (secondary N) is 1. The minimum Gasteiger partial charge on any atom is -0.494 e. The SMILES string of the molecule is CCNCc1ccccc1C(=O)N1CCN(c2ncnc3c2cnn3Cc2cccc(OCC)c2)CC1. The molecule has 0 bridgehead atoms. The zero-order valence-corrected chi connectivity index (χ0v) is 21.4. The number of ether oxygens (including phenoxy) is 1. The zero-order chi connectivity index (χ0) is 25.6. The number of fused-ring (bicyclic) bond motifs is 1. The van der Waals surface area contributed by atoms with Gasteiger partial charge in [-0.05, 0) is 42.8 Å². The van der Waals surface area contributed by atoms with Gasteiger partial charge in [-0.25, -0.2) is 14.6 Å². The van der Waals surface area contributed by atoms with Crippen molar-refractivity contribution in [2.45, 2.75) is 26.9 Å². The van der Waals surface area contributed by atoms with E-state index in [2.05, 4.69) is 38.3 Å². The van der Waals surface area contributed by atoms with Crippen LogP contribution in [0.15, 0.2) is 61.1 Å². The number of benzene rings is 2. The summed E-state index contributed by atoms with van der Waals surface area (Å²) >= 11 is 0. The molecule has 0 atom stereocenters. The molecule has 192 valence electrons. The number of anilines is 1. The number of carbonyl (C=O) groups excluding carboxylic acids is 1. The number of nitrogens with zero attached hydrogens (tertiary/aromatic N) is 6. The predicted octanol–water partition coefficient (Wildman–Crippen LogP) is 3.35. The van der Waals surface area contributed by atoms with Crippen LogP contribution in [0.25, 0.3) is 11.0 Å². The summed E-state index contributed by atoms with van der Waals surface area (Å²) < 4.78 is 7.53. The van der Waals surface area contributed by atoms with Gasteiger partial charge in [-0.2, -0.15) is 5.10 Å². The van der Waals surface area contributed by atoms with Crippen LogP contribution in [0.3, 0.4) is 0 Å². The minimum absolute atomic E-state index is 0.0862. The molecule has 0 radical (unpaired) electrons. The first kappa shape index (κ1) is 24.7. The van der Waals surface area contributed by atoms with Crippen molar-refractivity contribution in [3.63, 3.8) is 0 Å². The van der Waals surface area contributed by atoms with E-state index < -0.39 is 0 Å². The second-order valence-corrected chi connectivity index (χ2v) is 9.03. The van der Waals surface area contributed by atoms with E-state index in [4.69, 9.17) is 4.74 Å². The zero-order valence-electron chi connectivity index (χ0n) is 21.4. The van der Waals surface area contributed by atoms with Crippen molar-refractivity contribution in [1.82, 2.24) is 30.0 Å². The Morgan fingerprint density at radius 2 is 1.86 bits per heavy atom. The molecule has 1 fully saturated rings. The van der Waals surface area contributed by atoms with Crippen molar-refractivity contribution in [2.24, 2.45) is 0 Å². The number of hydrogen-bond donors (Lipinski definition) is 1. The average Bonchev–Trinajstić information content (AvgIpc) is 3.35. The van der Waals surface area contributed by atoms with Crippen molar-refractivity contribution in [3.05, 3.63) is 77.7 Å². The van der Waals surface area contributed by atoms with Gasteiger partial charge in [0.1, 0.15) is 17.9 Å². The molecule has 2 aromatic heterocycles. The van der Waals surface area contributed by atoms with Crippen LogP contribution >= 0.6 is 0 Å². The van der Waals surface area contributed by atoms with Crippen LogP contribution in [-0.4, -0.2) is 69.9 Å². The molecular formula is C28H33N7O2. The third-order valence-electron chi connectivity index (χ3n) is 6.63. The Morgan fingerprint density at radius 1 is 1.03 bits per heavy atom. The van der Waals surface area contributed by atoms with E-state index in [-0.39, 0.29) is 5.91 Å². The summed E-state index contributed by atoms with van der Waals surface area (Å²) in [6.07, 6.45) is 3.44. The highest BCUT2D eigenvalue weighted by Gasteiger charge is 2.25. The molecule has 1 N–H and O–H groups in total. The highest BCUT2D eigenvalue weighted by atomic mass is 16.5. The van der Waals surface area contributed by atoms with Crippen LogP contribution in [0.4, 0.5) is 5.82 Å². The Labute approximate surface area is 217 Å². The molecule has 0 spiro atoms. The normalized spacial score (nSPS) is 13.8. The van der Waals surface area contributed by atoms with Gasteiger partial charge >= 0.3 is 0 Å². The van der Waals surface area contributed by atoms with Crippen molar-refractivity contribution >= 4 is 22.8 Å². The Balaban J connectivity index is 1.29. The molecule has 9 nitrogen and oxygen atoms in total. The van der Waals surface area contributed by atoms with E-state index in [0.29, 0.717) is 45.9 Å². The number of rotatable bonds is 9. The first-order valence-corrected chi connectivity index (χ1v) is 12.9. The van der Waals surface area contributed by atoms with Gasteiger partial charge < -0.3 is 19.9 Å². The summed E-state index contributed by atoms with van der Waals surface area (Å²) in [4.78, 5) is 26.6. The first-order valence-electron chi connectivity index (χ1n) is 12.9. The van der Waals surface area contributed by atoms with Crippen molar-refractivity contribution in [1.29, 1.82) is 0 Å². The van der Waals surface area contributed by atoms with Crippen molar-refractivity contribution in [2.75, 3.05) is 44.2 Å². The fraction of sp³-hybridized carbons (Fsp3) is 0.357. The van der Waals surface area contributed by atoms with Gasteiger partial charge in [0.05, 0.1) is 24.7 Å². The third kappa shape index (κ3) is 5.41. The molecule has 4 aromatic rings. The van der Waals surface area contributed by atoms with Gasteiger partial charge in [0.25, 0.3) is 5.91 Å². The molecule has 3 heterocycles. The number of piperazine rings is 1. The highest BCUT2D eigenvalue weighted by molar-refractivity contribution is 5.96. The number of aromatic nitrogens is 4. The summed E-state index contributed by atoms with van der Waals surface area (Å²) in [5.74, 6) is 1.80. The van der Waals surface area contributed by atoms with E-state index in [1.54, 1.807) is 6.33 Å². The predicted molar refractivity (Wildman–Crippen MR) is 144 cm³/mol. The Bertz CT molecular complexity index is 1360. The second-order valence-electron chi connectivity index (χ2n) is 9.03. The van der Waals surface area contributed by atoms with E-state index in [9.17, 15) is 4.79 Å². The highest BCUT2D eigenvalue weighted by Crippen LogP contribution is 2.25. The lowest BCUT2D eigenvalue weighted by Gasteiger charge is -2.35.